The maximum Gasteiger partial charge on any atom is 0.224 e. The summed E-state index contributed by atoms with van der Waals surface area (Å²) in [7, 11) is 0. The molecule has 8 nitrogen and oxygen atoms in total. The van der Waals surface area contributed by atoms with Crippen LogP contribution in [0.3, 0.4) is 0 Å². The quantitative estimate of drug-likeness (QED) is 0.258. The highest BCUT2D eigenvalue weighted by Crippen LogP contribution is 2.25. The summed E-state index contributed by atoms with van der Waals surface area (Å²) in [6.07, 6.45) is 2.53. The van der Waals surface area contributed by atoms with Gasteiger partial charge in [0.05, 0.1) is 17.5 Å². The third-order valence-electron chi connectivity index (χ3n) is 4.12. The number of anilines is 1. The Morgan fingerprint density at radius 1 is 1.25 bits per heavy atom. The number of aryl methyl sites for hydroxylation is 1. The Bertz CT molecular complexity index is 995. The fraction of sp³-hybridized carbons (Fsp3) is 0.263. The molecule has 0 radical (unpaired) electrons. The molecule has 0 spiro atoms. The smallest absolute Gasteiger partial charge is 0.224 e. The van der Waals surface area contributed by atoms with Crippen molar-refractivity contribution >= 4 is 29.1 Å². The number of rotatable bonds is 8. The molecule has 146 valence electrons. The topological polar surface area (TPSA) is 116 Å². The molecule has 0 saturated heterocycles. The molecule has 0 atom stereocenters. The van der Waals surface area contributed by atoms with Crippen molar-refractivity contribution in [3.8, 4) is 11.4 Å². The van der Waals surface area contributed by atoms with Gasteiger partial charge in [-0.2, -0.15) is 0 Å². The fourth-order valence-corrected chi connectivity index (χ4v) is 3.48. The van der Waals surface area contributed by atoms with Gasteiger partial charge in [-0.3, -0.25) is 9.59 Å². The van der Waals surface area contributed by atoms with E-state index < -0.39 is 0 Å². The molecule has 3 rings (SSSR count). The first-order chi connectivity index (χ1) is 13.5. The van der Waals surface area contributed by atoms with Gasteiger partial charge in [0, 0.05) is 17.7 Å². The number of nitrogens with one attached hydrogen (secondary N) is 1. The predicted octanol–water partition coefficient (Wildman–Crippen LogP) is 3.27. The summed E-state index contributed by atoms with van der Waals surface area (Å²) in [5.74, 6) is 7.75. The van der Waals surface area contributed by atoms with Crippen LogP contribution in [0.1, 0.15) is 35.9 Å². The first-order valence-electron chi connectivity index (χ1n) is 8.75. The number of nitrogens with two attached hydrogens (primary N) is 1. The van der Waals surface area contributed by atoms with Crippen LogP contribution in [0.25, 0.3) is 11.4 Å². The highest BCUT2D eigenvalue weighted by atomic mass is 32.2. The highest BCUT2D eigenvalue weighted by molar-refractivity contribution is 7.99. The standard InChI is InChI=1S/C19H21N5O3S/c1-12(25)14-6-3-4-7-16(14)21-17(26)8-5-11-28-19-23-22-18(24(19)20)15-9-10-27-13(15)2/h3-4,6-7,9-10H,5,8,11,20H2,1-2H3,(H,21,26). The van der Waals surface area contributed by atoms with Crippen molar-refractivity contribution in [1.82, 2.24) is 14.9 Å². The van der Waals surface area contributed by atoms with Gasteiger partial charge in [0.15, 0.2) is 11.6 Å². The predicted molar refractivity (Wildman–Crippen MR) is 108 cm³/mol. The van der Waals surface area contributed by atoms with Gasteiger partial charge in [-0.15, -0.1) is 10.2 Å². The van der Waals surface area contributed by atoms with Gasteiger partial charge in [0.25, 0.3) is 0 Å². The highest BCUT2D eigenvalue weighted by Gasteiger charge is 2.16. The van der Waals surface area contributed by atoms with E-state index in [1.165, 1.54) is 23.4 Å². The molecule has 1 amide bonds. The Morgan fingerprint density at radius 2 is 2.04 bits per heavy atom. The Hall–Kier alpha value is -3.07. The molecule has 0 fully saturated rings. The van der Waals surface area contributed by atoms with Crippen molar-refractivity contribution in [2.24, 2.45) is 0 Å². The number of amides is 1. The fourth-order valence-electron chi connectivity index (χ4n) is 2.68. The molecule has 0 unspecified atom stereocenters. The lowest BCUT2D eigenvalue weighted by atomic mass is 10.1. The molecular weight excluding hydrogens is 378 g/mol. The number of carbonyl (C=O) groups is 2. The van der Waals surface area contributed by atoms with Crippen LogP contribution in [0.5, 0.6) is 0 Å². The number of ketones is 1. The van der Waals surface area contributed by atoms with E-state index in [1.54, 1.807) is 36.6 Å². The monoisotopic (exact) mass is 399 g/mol. The Labute approximate surface area is 166 Å². The molecule has 0 bridgehead atoms. The normalized spacial score (nSPS) is 10.8. The number of para-hydroxylation sites is 1. The van der Waals surface area contributed by atoms with Crippen molar-refractivity contribution in [3.63, 3.8) is 0 Å². The summed E-state index contributed by atoms with van der Waals surface area (Å²) < 4.78 is 6.69. The Kier molecular flexibility index (Phi) is 6.15. The average molecular weight is 399 g/mol. The van der Waals surface area contributed by atoms with Crippen LogP contribution in [0, 0.1) is 6.92 Å². The van der Waals surface area contributed by atoms with E-state index in [0.29, 0.717) is 40.8 Å². The second-order valence-electron chi connectivity index (χ2n) is 6.17. The van der Waals surface area contributed by atoms with Gasteiger partial charge in [0.2, 0.25) is 11.1 Å². The van der Waals surface area contributed by atoms with Gasteiger partial charge in [-0.05, 0) is 38.5 Å². The number of hydrogen-bond donors (Lipinski definition) is 2. The number of hydrogen-bond acceptors (Lipinski definition) is 7. The summed E-state index contributed by atoms with van der Waals surface area (Å²) in [5, 5.41) is 11.6. The van der Waals surface area contributed by atoms with E-state index in [2.05, 4.69) is 15.5 Å². The van der Waals surface area contributed by atoms with Crippen LogP contribution in [0.15, 0.2) is 46.2 Å². The summed E-state index contributed by atoms with van der Waals surface area (Å²) in [6.45, 7) is 3.31. The molecular formula is C19H21N5O3S. The third-order valence-corrected chi connectivity index (χ3v) is 5.15. The van der Waals surface area contributed by atoms with E-state index in [1.807, 2.05) is 6.92 Å². The minimum absolute atomic E-state index is 0.0857. The van der Waals surface area contributed by atoms with Crippen LogP contribution in [-0.4, -0.2) is 32.3 Å². The van der Waals surface area contributed by atoms with Gasteiger partial charge >= 0.3 is 0 Å². The van der Waals surface area contributed by atoms with Crippen molar-refractivity contribution < 1.29 is 14.0 Å². The van der Waals surface area contributed by atoms with Crippen molar-refractivity contribution in [1.29, 1.82) is 0 Å². The van der Waals surface area contributed by atoms with Crippen LogP contribution in [-0.2, 0) is 4.79 Å². The second kappa shape index (κ2) is 8.75. The van der Waals surface area contributed by atoms with Gasteiger partial charge < -0.3 is 15.6 Å². The van der Waals surface area contributed by atoms with E-state index in [9.17, 15) is 9.59 Å². The molecule has 0 aliphatic rings. The number of nitrogens with zero attached hydrogens (tertiary/aromatic N) is 3. The number of benzene rings is 1. The van der Waals surface area contributed by atoms with Crippen LogP contribution in [0.2, 0.25) is 0 Å². The zero-order valence-electron chi connectivity index (χ0n) is 15.6. The molecule has 28 heavy (non-hydrogen) atoms. The van der Waals surface area contributed by atoms with Crippen molar-refractivity contribution in [3.05, 3.63) is 47.9 Å². The summed E-state index contributed by atoms with van der Waals surface area (Å²) in [5.41, 5.74) is 1.84. The summed E-state index contributed by atoms with van der Waals surface area (Å²) >= 11 is 1.43. The molecule has 3 aromatic rings. The van der Waals surface area contributed by atoms with Crippen LogP contribution in [0.4, 0.5) is 5.69 Å². The molecule has 0 aliphatic heterocycles. The first kappa shape index (κ1) is 19.7. The van der Waals surface area contributed by atoms with Crippen molar-refractivity contribution in [2.75, 3.05) is 16.9 Å². The minimum Gasteiger partial charge on any atom is -0.469 e. The van der Waals surface area contributed by atoms with E-state index in [0.717, 1.165) is 11.3 Å². The summed E-state index contributed by atoms with van der Waals surface area (Å²) in [6, 6.07) is 8.76. The van der Waals surface area contributed by atoms with E-state index in [4.69, 9.17) is 10.3 Å². The zero-order valence-corrected chi connectivity index (χ0v) is 16.5. The van der Waals surface area contributed by atoms with E-state index >= 15 is 0 Å². The molecule has 2 aromatic heterocycles. The Balaban J connectivity index is 1.50. The minimum atomic E-state index is -0.141. The third kappa shape index (κ3) is 4.42. The lowest BCUT2D eigenvalue weighted by Gasteiger charge is -2.08. The number of furan rings is 1. The SMILES string of the molecule is CC(=O)c1ccccc1NC(=O)CCCSc1nnc(-c2ccoc2C)n1N. The number of thioether (sulfide) groups is 1. The Morgan fingerprint density at radius 3 is 2.75 bits per heavy atom. The van der Waals surface area contributed by atoms with E-state index in [-0.39, 0.29) is 11.7 Å². The maximum absolute atomic E-state index is 12.2. The average Bonchev–Trinajstić information content (AvgIpc) is 3.24. The van der Waals surface area contributed by atoms with Gasteiger partial charge in [0.1, 0.15) is 5.76 Å². The van der Waals surface area contributed by atoms with Gasteiger partial charge in [-0.25, -0.2) is 4.68 Å². The maximum atomic E-state index is 12.2. The largest absolute Gasteiger partial charge is 0.469 e. The molecule has 9 heteroatoms. The molecule has 3 N–H and O–H groups in total. The zero-order chi connectivity index (χ0) is 20.1. The number of Topliss-reactive ketones (excluding diaryl/α,β-unsaturated/α-hetero) is 1. The lowest BCUT2D eigenvalue weighted by Crippen LogP contribution is -2.14. The number of aromatic nitrogens is 3. The molecule has 0 saturated carbocycles. The van der Waals surface area contributed by atoms with Gasteiger partial charge in [-0.1, -0.05) is 23.9 Å². The number of nitrogen functional groups attached to an aromatic ring is 1. The second-order valence-corrected chi connectivity index (χ2v) is 7.23. The summed E-state index contributed by atoms with van der Waals surface area (Å²) in [4.78, 5) is 23.8. The van der Waals surface area contributed by atoms with Crippen molar-refractivity contribution in [2.45, 2.75) is 31.8 Å². The number of carbonyl (C=O) groups excluding carboxylic acids is 2. The van der Waals surface area contributed by atoms with Crippen LogP contribution >= 0.6 is 11.8 Å². The molecule has 1 aromatic carbocycles. The molecule has 0 aliphatic carbocycles. The first-order valence-corrected chi connectivity index (χ1v) is 9.73. The van der Waals surface area contributed by atoms with Crippen LogP contribution < -0.4 is 11.2 Å². The molecule has 2 heterocycles. The lowest BCUT2D eigenvalue weighted by molar-refractivity contribution is -0.116.